The minimum absolute atomic E-state index is 0.239. The fourth-order valence-corrected chi connectivity index (χ4v) is 1.49. The predicted octanol–water partition coefficient (Wildman–Crippen LogP) is 2.79. The molecular weight excluding hydrogens is 190 g/mol. The molecule has 3 heteroatoms. The molecule has 0 aliphatic rings. The van der Waals surface area contributed by atoms with Crippen LogP contribution >= 0.6 is 0 Å². The number of nitrogens with two attached hydrogens (primary N) is 1. The highest BCUT2D eigenvalue weighted by Gasteiger charge is 2.33. The van der Waals surface area contributed by atoms with Crippen molar-refractivity contribution in [3.63, 3.8) is 0 Å². The van der Waals surface area contributed by atoms with Crippen LogP contribution in [-0.2, 0) is 4.79 Å². The summed E-state index contributed by atoms with van der Waals surface area (Å²) in [6.45, 7) is 5.58. The fourth-order valence-electron chi connectivity index (χ4n) is 1.49. The summed E-state index contributed by atoms with van der Waals surface area (Å²) in [6.07, 6.45) is 6.74. The second-order valence-electron chi connectivity index (χ2n) is 4.84. The maximum Gasteiger partial charge on any atom is 0.310 e. The molecule has 90 valence electrons. The van der Waals surface area contributed by atoms with Gasteiger partial charge in [0, 0.05) is 6.04 Å². The lowest BCUT2D eigenvalue weighted by atomic mass is 9.82. The summed E-state index contributed by atoms with van der Waals surface area (Å²) in [7, 11) is 0. The highest BCUT2D eigenvalue weighted by molar-refractivity contribution is 5.74. The van der Waals surface area contributed by atoms with E-state index < -0.39 is 11.4 Å². The molecular formula is C12H25NO2. The van der Waals surface area contributed by atoms with E-state index in [1.807, 2.05) is 0 Å². The third-order valence-corrected chi connectivity index (χ3v) is 3.10. The molecule has 0 aromatic rings. The van der Waals surface area contributed by atoms with Crippen LogP contribution in [-0.4, -0.2) is 17.1 Å². The van der Waals surface area contributed by atoms with E-state index in [1.165, 1.54) is 19.3 Å². The van der Waals surface area contributed by atoms with Gasteiger partial charge in [-0.3, -0.25) is 4.79 Å². The van der Waals surface area contributed by atoms with Crippen LogP contribution in [0.2, 0.25) is 0 Å². The lowest BCUT2D eigenvalue weighted by Crippen LogP contribution is -2.43. The molecule has 0 aliphatic carbocycles. The molecule has 0 aromatic carbocycles. The van der Waals surface area contributed by atoms with Crippen molar-refractivity contribution in [2.75, 3.05) is 0 Å². The van der Waals surface area contributed by atoms with Gasteiger partial charge >= 0.3 is 5.97 Å². The second-order valence-corrected chi connectivity index (χ2v) is 4.84. The van der Waals surface area contributed by atoms with Gasteiger partial charge < -0.3 is 10.8 Å². The zero-order valence-corrected chi connectivity index (χ0v) is 10.3. The van der Waals surface area contributed by atoms with Gasteiger partial charge in [-0.05, 0) is 20.3 Å². The van der Waals surface area contributed by atoms with Crippen molar-refractivity contribution in [1.29, 1.82) is 0 Å². The summed E-state index contributed by atoms with van der Waals surface area (Å²) in [6, 6.07) is -0.239. The first-order valence-corrected chi connectivity index (χ1v) is 5.92. The van der Waals surface area contributed by atoms with Gasteiger partial charge in [-0.15, -0.1) is 0 Å². The van der Waals surface area contributed by atoms with Crippen LogP contribution in [0.15, 0.2) is 0 Å². The van der Waals surface area contributed by atoms with Gasteiger partial charge in [-0.1, -0.05) is 39.0 Å². The monoisotopic (exact) mass is 215 g/mol. The van der Waals surface area contributed by atoms with Crippen LogP contribution < -0.4 is 5.73 Å². The van der Waals surface area contributed by atoms with Crippen LogP contribution in [0.25, 0.3) is 0 Å². The maximum atomic E-state index is 10.9. The van der Waals surface area contributed by atoms with Crippen molar-refractivity contribution in [2.24, 2.45) is 11.1 Å². The van der Waals surface area contributed by atoms with Crippen LogP contribution in [0.4, 0.5) is 0 Å². The lowest BCUT2D eigenvalue weighted by Gasteiger charge is -2.26. The predicted molar refractivity (Wildman–Crippen MR) is 62.8 cm³/mol. The molecule has 1 unspecified atom stereocenters. The smallest absolute Gasteiger partial charge is 0.310 e. The van der Waals surface area contributed by atoms with Crippen LogP contribution in [0.1, 0.15) is 59.3 Å². The summed E-state index contributed by atoms with van der Waals surface area (Å²) >= 11 is 0. The van der Waals surface area contributed by atoms with Gasteiger partial charge in [-0.25, -0.2) is 0 Å². The van der Waals surface area contributed by atoms with Gasteiger partial charge in [0.2, 0.25) is 0 Å². The van der Waals surface area contributed by atoms with Gasteiger partial charge in [0.05, 0.1) is 5.41 Å². The molecule has 0 aliphatic heterocycles. The van der Waals surface area contributed by atoms with E-state index in [0.29, 0.717) is 0 Å². The Balaban J connectivity index is 3.73. The van der Waals surface area contributed by atoms with Gasteiger partial charge in [0.1, 0.15) is 0 Å². The number of aliphatic carboxylic acids is 1. The molecule has 0 radical (unpaired) electrons. The number of hydrogen-bond donors (Lipinski definition) is 2. The molecule has 0 aromatic heterocycles. The highest BCUT2D eigenvalue weighted by Crippen LogP contribution is 2.23. The number of carboxylic acids is 1. The number of carboxylic acid groups (broad SMARTS) is 1. The largest absolute Gasteiger partial charge is 0.481 e. The van der Waals surface area contributed by atoms with Crippen molar-refractivity contribution in [2.45, 2.75) is 65.3 Å². The van der Waals surface area contributed by atoms with Crippen molar-refractivity contribution < 1.29 is 9.90 Å². The molecule has 0 fully saturated rings. The zero-order chi connectivity index (χ0) is 11.9. The average molecular weight is 215 g/mol. The Kier molecular flexibility index (Phi) is 6.57. The molecule has 3 nitrogen and oxygen atoms in total. The average Bonchev–Trinajstić information content (AvgIpc) is 2.16. The molecule has 3 N–H and O–H groups in total. The van der Waals surface area contributed by atoms with Crippen molar-refractivity contribution in [3.8, 4) is 0 Å². The molecule has 1 atom stereocenters. The first-order valence-electron chi connectivity index (χ1n) is 5.92. The van der Waals surface area contributed by atoms with Crippen LogP contribution in [0.5, 0.6) is 0 Å². The summed E-state index contributed by atoms with van der Waals surface area (Å²) in [5.74, 6) is -0.802. The Morgan fingerprint density at radius 1 is 1.27 bits per heavy atom. The van der Waals surface area contributed by atoms with E-state index in [-0.39, 0.29) is 6.04 Å². The minimum Gasteiger partial charge on any atom is -0.481 e. The van der Waals surface area contributed by atoms with Crippen molar-refractivity contribution in [1.82, 2.24) is 0 Å². The van der Waals surface area contributed by atoms with E-state index in [0.717, 1.165) is 19.3 Å². The molecule has 0 saturated carbocycles. The van der Waals surface area contributed by atoms with Crippen LogP contribution in [0.3, 0.4) is 0 Å². The Hall–Kier alpha value is -0.570. The summed E-state index contributed by atoms with van der Waals surface area (Å²) < 4.78 is 0. The van der Waals surface area contributed by atoms with E-state index in [2.05, 4.69) is 6.92 Å². The van der Waals surface area contributed by atoms with Gasteiger partial charge in [-0.2, -0.15) is 0 Å². The van der Waals surface area contributed by atoms with E-state index >= 15 is 0 Å². The minimum atomic E-state index is -0.802. The molecule has 0 saturated heterocycles. The van der Waals surface area contributed by atoms with Crippen LogP contribution in [0, 0.1) is 5.41 Å². The highest BCUT2D eigenvalue weighted by atomic mass is 16.4. The molecule has 0 spiro atoms. The molecule has 0 amide bonds. The van der Waals surface area contributed by atoms with Gasteiger partial charge in [0.15, 0.2) is 0 Å². The molecule has 0 bridgehead atoms. The third kappa shape index (κ3) is 5.17. The Bertz CT molecular complexity index is 190. The lowest BCUT2D eigenvalue weighted by molar-refractivity contribution is -0.148. The summed E-state index contributed by atoms with van der Waals surface area (Å²) in [4.78, 5) is 10.9. The first kappa shape index (κ1) is 14.4. The number of carbonyl (C=O) groups is 1. The second kappa shape index (κ2) is 6.83. The van der Waals surface area contributed by atoms with E-state index in [9.17, 15) is 4.79 Å². The van der Waals surface area contributed by atoms with Crippen molar-refractivity contribution in [3.05, 3.63) is 0 Å². The number of rotatable bonds is 8. The van der Waals surface area contributed by atoms with E-state index in [1.54, 1.807) is 13.8 Å². The van der Waals surface area contributed by atoms with Crippen molar-refractivity contribution >= 4 is 5.97 Å². The third-order valence-electron chi connectivity index (χ3n) is 3.10. The van der Waals surface area contributed by atoms with E-state index in [4.69, 9.17) is 10.8 Å². The maximum absolute atomic E-state index is 10.9. The molecule has 0 rings (SSSR count). The SMILES string of the molecule is CCCCCCCC(N)C(C)(C)C(=O)O. The fraction of sp³-hybridized carbons (Fsp3) is 0.917. The Morgan fingerprint density at radius 3 is 2.27 bits per heavy atom. The Labute approximate surface area is 93.0 Å². The summed E-state index contributed by atoms with van der Waals surface area (Å²) in [5, 5.41) is 8.97. The molecule has 0 heterocycles. The van der Waals surface area contributed by atoms with Gasteiger partial charge in [0.25, 0.3) is 0 Å². The quantitative estimate of drug-likeness (QED) is 0.612. The Morgan fingerprint density at radius 2 is 1.80 bits per heavy atom. The standard InChI is InChI=1S/C12H25NO2/c1-4-5-6-7-8-9-10(13)12(2,3)11(14)15/h10H,4-9,13H2,1-3H3,(H,14,15). The number of hydrogen-bond acceptors (Lipinski definition) is 2. The topological polar surface area (TPSA) is 63.3 Å². The normalized spacial score (nSPS) is 13.9. The molecule has 15 heavy (non-hydrogen) atoms. The summed E-state index contributed by atoms with van der Waals surface area (Å²) in [5.41, 5.74) is 5.09. The zero-order valence-electron chi connectivity index (χ0n) is 10.3. The first-order chi connectivity index (χ1) is 6.92. The number of unbranched alkanes of at least 4 members (excludes halogenated alkanes) is 4.